The van der Waals surface area contributed by atoms with Gasteiger partial charge in [-0.25, -0.2) is 9.18 Å². The number of carboxylic acid groups (broad SMARTS) is 1. The summed E-state index contributed by atoms with van der Waals surface area (Å²) >= 11 is 5.82. The molecule has 0 aromatic heterocycles. The van der Waals surface area contributed by atoms with Crippen LogP contribution in [0.4, 0.5) is 10.1 Å². The highest BCUT2D eigenvalue weighted by molar-refractivity contribution is 6.36. The van der Waals surface area contributed by atoms with E-state index in [2.05, 4.69) is 0 Å². The van der Waals surface area contributed by atoms with Crippen molar-refractivity contribution in [1.29, 1.82) is 0 Å². The van der Waals surface area contributed by atoms with Crippen molar-refractivity contribution in [3.05, 3.63) is 63.9 Å². The molecule has 98 valence electrons. The van der Waals surface area contributed by atoms with Crippen LogP contribution in [0.15, 0.2) is 36.4 Å². The van der Waals surface area contributed by atoms with Gasteiger partial charge in [-0.15, -0.1) is 0 Å². The summed E-state index contributed by atoms with van der Waals surface area (Å²) in [5.41, 5.74) is 6.70. The summed E-state index contributed by atoms with van der Waals surface area (Å²) in [5.74, 6) is -2.31. The molecule has 0 spiro atoms. The number of halogens is 2. The topological polar surface area (TPSA) is 63.3 Å². The van der Waals surface area contributed by atoms with Gasteiger partial charge in [0.2, 0.25) is 0 Å². The van der Waals surface area contributed by atoms with Crippen LogP contribution in [0.25, 0.3) is 0 Å². The second kappa shape index (κ2) is 5.28. The molecule has 0 saturated heterocycles. The summed E-state index contributed by atoms with van der Waals surface area (Å²) in [5, 5.41) is 8.62. The molecule has 0 aliphatic heterocycles. The van der Waals surface area contributed by atoms with Crippen molar-refractivity contribution in [3.63, 3.8) is 0 Å². The zero-order valence-corrected chi connectivity index (χ0v) is 10.6. The molecule has 2 aromatic rings. The largest absolute Gasteiger partial charge is 0.478 e. The summed E-state index contributed by atoms with van der Waals surface area (Å²) < 4.78 is 13.7. The number of rotatable bonds is 3. The van der Waals surface area contributed by atoms with Gasteiger partial charge in [0.15, 0.2) is 0 Å². The van der Waals surface area contributed by atoms with Crippen LogP contribution in [0.1, 0.15) is 21.5 Å². The molecule has 0 bridgehead atoms. The Balaban J connectivity index is 2.46. The van der Waals surface area contributed by atoms with Crippen LogP contribution in [0, 0.1) is 5.82 Å². The van der Waals surface area contributed by atoms with Gasteiger partial charge in [-0.2, -0.15) is 0 Å². The van der Waals surface area contributed by atoms with Crippen LogP contribution in [-0.4, -0.2) is 11.1 Å². The number of aromatic carboxylic acids is 1. The van der Waals surface area contributed by atoms with Crippen molar-refractivity contribution in [2.24, 2.45) is 0 Å². The molecule has 0 fully saturated rings. The van der Waals surface area contributed by atoms with Gasteiger partial charge in [-0.1, -0.05) is 41.9 Å². The van der Waals surface area contributed by atoms with Gasteiger partial charge in [-0.3, -0.25) is 0 Å². The van der Waals surface area contributed by atoms with Crippen LogP contribution < -0.4 is 5.73 Å². The van der Waals surface area contributed by atoms with Crippen molar-refractivity contribution < 1.29 is 14.3 Å². The molecule has 0 aliphatic rings. The summed E-state index contributed by atoms with van der Waals surface area (Å²) in [4.78, 5) is 10.9. The third-order valence-electron chi connectivity index (χ3n) is 2.79. The standard InChI is InChI=1S/C14H11ClFNO2/c15-12-11(14(18)19)10(16)7-9(13(12)17)6-8-4-2-1-3-5-8/h1-5,7H,6,17H2,(H,18,19). The zero-order valence-electron chi connectivity index (χ0n) is 9.86. The van der Waals surface area contributed by atoms with Crippen molar-refractivity contribution in [2.75, 3.05) is 5.73 Å². The number of carbonyl (C=O) groups is 1. The Morgan fingerprint density at radius 1 is 1.32 bits per heavy atom. The second-order valence-electron chi connectivity index (χ2n) is 4.09. The quantitative estimate of drug-likeness (QED) is 0.847. The molecule has 0 unspecified atom stereocenters. The van der Waals surface area contributed by atoms with Crippen molar-refractivity contribution in [1.82, 2.24) is 0 Å². The molecule has 19 heavy (non-hydrogen) atoms. The third-order valence-corrected chi connectivity index (χ3v) is 3.19. The number of nitrogen functional groups attached to an aromatic ring is 1. The SMILES string of the molecule is Nc1c(Cc2ccccc2)cc(F)c(C(=O)O)c1Cl. The molecule has 0 radical (unpaired) electrons. The Hall–Kier alpha value is -2.07. The average Bonchev–Trinajstić information content (AvgIpc) is 2.36. The maximum atomic E-state index is 13.7. The summed E-state index contributed by atoms with van der Waals surface area (Å²) in [7, 11) is 0. The van der Waals surface area contributed by atoms with E-state index in [1.165, 1.54) is 0 Å². The highest BCUT2D eigenvalue weighted by Gasteiger charge is 2.20. The smallest absolute Gasteiger partial charge is 0.340 e. The number of carboxylic acids is 1. The number of anilines is 1. The first kappa shape index (κ1) is 13.4. The molecule has 0 heterocycles. The second-order valence-corrected chi connectivity index (χ2v) is 4.47. The van der Waals surface area contributed by atoms with Crippen molar-refractivity contribution in [3.8, 4) is 0 Å². The number of nitrogens with two attached hydrogens (primary N) is 1. The third kappa shape index (κ3) is 2.69. The van der Waals surface area contributed by atoms with E-state index in [9.17, 15) is 9.18 Å². The van der Waals surface area contributed by atoms with Gasteiger partial charge in [0.1, 0.15) is 11.4 Å². The van der Waals surface area contributed by atoms with E-state index >= 15 is 0 Å². The maximum Gasteiger partial charge on any atom is 0.340 e. The van der Waals surface area contributed by atoms with E-state index in [4.69, 9.17) is 22.4 Å². The predicted molar refractivity (Wildman–Crippen MR) is 72.0 cm³/mol. The first-order chi connectivity index (χ1) is 9.00. The van der Waals surface area contributed by atoms with Gasteiger partial charge in [-0.05, 0) is 23.6 Å². The number of hydrogen-bond acceptors (Lipinski definition) is 2. The number of benzene rings is 2. The molecule has 0 amide bonds. The normalized spacial score (nSPS) is 10.4. The zero-order chi connectivity index (χ0) is 14.0. The van der Waals surface area contributed by atoms with E-state index in [0.717, 1.165) is 11.6 Å². The minimum Gasteiger partial charge on any atom is -0.478 e. The predicted octanol–water partition coefficient (Wildman–Crippen LogP) is 3.35. The molecule has 2 rings (SSSR count). The molecule has 3 N–H and O–H groups in total. The monoisotopic (exact) mass is 279 g/mol. The van der Waals surface area contributed by atoms with Gasteiger partial charge < -0.3 is 10.8 Å². The van der Waals surface area contributed by atoms with Crippen LogP contribution in [0.5, 0.6) is 0 Å². The maximum absolute atomic E-state index is 13.7. The lowest BCUT2D eigenvalue weighted by Crippen LogP contribution is -2.07. The first-order valence-electron chi connectivity index (χ1n) is 5.54. The Labute approximate surface area is 114 Å². The molecule has 0 atom stereocenters. The number of hydrogen-bond donors (Lipinski definition) is 2. The van der Waals surface area contributed by atoms with Crippen LogP contribution in [-0.2, 0) is 6.42 Å². The fourth-order valence-electron chi connectivity index (χ4n) is 1.84. The molecule has 3 nitrogen and oxygen atoms in total. The van der Waals surface area contributed by atoms with Gasteiger partial charge in [0, 0.05) is 0 Å². The fraction of sp³-hybridized carbons (Fsp3) is 0.0714. The lowest BCUT2D eigenvalue weighted by Gasteiger charge is -2.11. The molecular weight excluding hydrogens is 269 g/mol. The van der Waals surface area contributed by atoms with Crippen LogP contribution in [0.3, 0.4) is 0 Å². The van der Waals surface area contributed by atoms with Gasteiger partial charge in [0.25, 0.3) is 0 Å². The Kier molecular flexibility index (Phi) is 3.71. The summed E-state index contributed by atoms with van der Waals surface area (Å²) in [6, 6.07) is 10.4. The fourth-order valence-corrected chi connectivity index (χ4v) is 2.13. The van der Waals surface area contributed by atoms with E-state index in [0.29, 0.717) is 12.0 Å². The van der Waals surface area contributed by atoms with Gasteiger partial charge >= 0.3 is 5.97 Å². The first-order valence-corrected chi connectivity index (χ1v) is 5.92. The van der Waals surface area contributed by atoms with Crippen molar-refractivity contribution >= 4 is 23.3 Å². The van der Waals surface area contributed by atoms with Gasteiger partial charge in [0.05, 0.1) is 10.7 Å². The van der Waals surface area contributed by atoms with E-state index in [1.807, 2.05) is 30.3 Å². The molecular formula is C14H11ClFNO2. The van der Waals surface area contributed by atoms with Crippen LogP contribution in [0.2, 0.25) is 5.02 Å². The lowest BCUT2D eigenvalue weighted by molar-refractivity contribution is 0.0692. The minimum absolute atomic E-state index is 0.101. The lowest BCUT2D eigenvalue weighted by atomic mass is 10.0. The summed E-state index contributed by atoms with van der Waals surface area (Å²) in [6.45, 7) is 0. The molecule has 0 saturated carbocycles. The molecule has 5 heteroatoms. The summed E-state index contributed by atoms with van der Waals surface area (Å²) in [6.07, 6.45) is 0.392. The van der Waals surface area contributed by atoms with E-state index in [1.54, 1.807) is 0 Å². The minimum atomic E-state index is -1.43. The van der Waals surface area contributed by atoms with E-state index < -0.39 is 17.3 Å². The highest BCUT2D eigenvalue weighted by Crippen LogP contribution is 2.31. The Bertz CT molecular complexity index is 629. The molecule has 0 aliphatic carbocycles. The van der Waals surface area contributed by atoms with E-state index in [-0.39, 0.29) is 10.7 Å². The average molecular weight is 280 g/mol. The highest BCUT2D eigenvalue weighted by atomic mass is 35.5. The van der Waals surface area contributed by atoms with Crippen molar-refractivity contribution in [2.45, 2.75) is 6.42 Å². The Morgan fingerprint density at radius 3 is 2.53 bits per heavy atom. The molecule has 2 aromatic carbocycles. The Morgan fingerprint density at radius 2 is 1.95 bits per heavy atom. The van der Waals surface area contributed by atoms with Crippen LogP contribution >= 0.6 is 11.6 Å².